The first-order valence-electron chi connectivity index (χ1n) is 9.64. The van der Waals surface area contributed by atoms with Gasteiger partial charge in [0.25, 0.3) is 0 Å². The molecule has 2 aromatic rings. The number of fused-ring (bicyclic) bond motifs is 1. The zero-order valence-corrected chi connectivity index (χ0v) is 16.5. The van der Waals surface area contributed by atoms with Crippen LogP contribution in [0.25, 0.3) is 0 Å². The van der Waals surface area contributed by atoms with E-state index in [0.717, 1.165) is 36.1 Å². The molecule has 148 valence electrons. The van der Waals surface area contributed by atoms with Crippen LogP contribution in [0.3, 0.4) is 0 Å². The maximum atomic E-state index is 12.8. The molecule has 1 N–H and O–H groups in total. The summed E-state index contributed by atoms with van der Waals surface area (Å²) in [4.78, 5) is 12.9. The van der Waals surface area contributed by atoms with Gasteiger partial charge in [0, 0.05) is 25.2 Å². The first kappa shape index (κ1) is 19.0. The molecule has 2 heterocycles. The summed E-state index contributed by atoms with van der Waals surface area (Å²) in [5.74, 6) is 0.294. The van der Waals surface area contributed by atoms with Crippen molar-refractivity contribution >= 4 is 15.9 Å². The molecular formula is C21H24N2O4S. The first-order chi connectivity index (χ1) is 13.6. The fraction of sp³-hybridized carbons (Fsp3) is 0.381. The number of carbonyl (C=O) groups excluding carboxylic acids is 1. The SMILES string of the molecule is O=C(NCc1cccc(S(=O)(=O)N2CCCCC2)c1)C1COc2ccccc21. The maximum Gasteiger partial charge on any atom is 0.243 e. The number of para-hydroxylation sites is 1. The van der Waals surface area contributed by atoms with Crippen molar-refractivity contribution in [3.63, 3.8) is 0 Å². The average molecular weight is 401 g/mol. The van der Waals surface area contributed by atoms with Gasteiger partial charge in [0.1, 0.15) is 18.3 Å². The molecule has 1 saturated heterocycles. The maximum absolute atomic E-state index is 12.8. The Morgan fingerprint density at radius 1 is 1.07 bits per heavy atom. The molecule has 0 aliphatic carbocycles. The third-order valence-electron chi connectivity index (χ3n) is 5.33. The van der Waals surface area contributed by atoms with Crippen molar-refractivity contribution in [2.75, 3.05) is 19.7 Å². The smallest absolute Gasteiger partial charge is 0.243 e. The Labute approximate surface area is 165 Å². The number of rotatable bonds is 5. The number of ether oxygens (including phenoxy) is 1. The Balaban J connectivity index is 1.43. The monoisotopic (exact) mass is 400 g/mol. The third kappa shape index (κ3) is 3.77. The Hall–Kier alpha value is -2.38. The van der Waals surface area contributed by atoms with Crippen LogP contribution >= 0.6 is 0 Å². The Morgan fingerprint density at radius 3 is 2.68 bits per heavy atom. The highest BCUT2D eigenvalue weighted by Crippen LogP contribution is 2.33. The lowest BCUT2D eigenvalue weighted by molar-refractivity contribution is -0.122. The molecule has 1 atom stereocenters. The zero-order chi connectivity index (χ0) is 19.6. The summed E-state index contributed by atoms with van der Waals surface area (Å²) in [6, 6.07) is 14.4. The zero-order valence-electron chi connectivity index (χ0n) is 15.6. The Bertz CT molecular complexity index is 968. The van der Waals surface area contributed by atoms with Crippen LogP contribution in [0.2, 0.25) is 0 Å². The summed E-state index contributed by atoms with van der Waals surface area (Å²) in [6.45, 7) is 1.75. The molecule has 1 fully saturated rings. The molecule has 0 radical (unpaired) electrons. The van der Waals surface area contributed by atoms with Gasteiger partial charge in [-0.3, -0.25) is 4.79 Å². The van der Waals surface area contributed by atoms with Crippen LogP contribution in [0.15, 0.2) is 53.4 Å². The molecule has 1 unspecified atom stereocenters. The summed E-state index contributed by atoms with van der Waals surface area (Å²) < 4.78 is 32.8. The van der Waals surface area contributed by atoms with Gasteiger partial charge < -0.3 is 10.1 Å². The number of nitrogens with one attached hydrogen (secondary N) is 1. The number of nitrogens with zero attached hydrogens (tertiary/aromatic N) is 1. The van der Waals surface area contributed by atoms with Crippen molar-refractivity contribution in [1.29, 1.82) is 0 Å². The molecular weight excluding hydrogens is 376 g/mol. The fourth-order valence-electron chi connectivity index (χ4n) is 3.76. The van der Waals surface area contributed by atoms with Crippen molar-refractivity contribution < 1.29 is 17.9 Å². The fourth-order valence-corrected chi connectivity index (χ4v) is 5.35. The number of hydrogen-bond donors (Lipinski definition) is 1. The molecule has 28 heavy (non-hydrogen) atoms. The van der Waals surface area contributed by atoms with Gasteiger partial charge in [-0.1, -0.05) is 36.8 Å². The Morgan fingerprint density at radius 2 is 1.86 bits per heavy atom. The lowest BCUT2D eigenvalue weighted by Crippen LogP contribution is -2.35. The number of carbonyl (C=O) groups is 1. The van der Waals surface area contributed by atoms with Gasteiger partial charge in [0.15, 0.2) is 0 Å². The van der Waals surface area contributed by atoms with Crippen molar-refractivity contribution in [1.82, 2.24) is 9.62 Å². The quantitative estimate of drug-likeness (QED) is 0.837. The van der Waals surface area contributed by atoms with Crippen LogP contribution < -0.4 is 10.1 Å². The minimum atomic E-state index is -3.48. The van der Waals surface area contributed by atoms with Gasteiger partial charge >= 0.3 is 0 Å². The van der Waals surface area contributed by atoms with Crippen LogP contribution in [0.5, 0.6) is 5.75 Å². The van der Waals surface area contributed by atoms with Crippen LogP contribution in [-0.4, -0.2) is 38.3 Å². The van der Waals surface area contributed by atoms with E-state index in [-0.39, 0.29) is 23.3 Å². The lowest BCUT2D eigenvalue weighted by Gasteiger charge is -2.26. The highest BCUT2D eigenvalue weighted by molar-refractivity contribution is 7.89. The van der Waals surface area contributed by atoms with Crippen LogP contribution in [-0.2, 0) is 21.4 Å². The second-order valence-electron chi connectivity index (χ2n) is 7.23. The highest BCUT2D eigenvalue weighted by atomic mass is 32.2. The molecule has 7 heteroatoms. The molecule has 4 rings (SSSR count). The molecule has 0 aromatic heterocycles. The lowest BCUT2D eigenvalue weighted by atomic mass is 10.0. The van der Waals surface area contributed by atoms with Crippen molar-refractivity contribution in [3.8, 4) is 5.75 Å². The summed E-state index contributed by atoms with van der Waals surface area (Å²) >= 11 is 0. The third-order valence-corrected chi connectivity index (χ3v) is 7.23. The van der Waals surface area contributed by atoms with E-state index in [1.54, 1.807) is 22.5 Å². The highest BCUT2D eigenvalue weighted by Gasteiger charge is 2.30. The van der Waals surface area contributed by atoms with Crippen molar-refractivity contribution in [2.45, 2.75) is 36.6 Å². The number of piperidine rings is 1. The van der Waals surface area contributed by atoms with E-state index < -0.39 is 10.0 Å². The summed E-state index contributed by atoms with van der Waals surface area (Å²) in [5.41, 5.74) is 1.65. The molecule has 2 aliphatic heterocycles. The standard InChI is InChI=1S/C21H24N2O4S/c24-21(19-15-27-20-10-3-2-9-18(19)20)22-14-16-7-6-8-17(13-16)28(25,26)23-11-4-1-5-12-23/h2-3,6-10,13,19H,1,4-5,11-12,14-15H2,(H,22,24). The minimum absolute atomic E-state index is 0.116. The van der Waals surface area contributed by atoms with Crippen LogP contribution in [0.4, 0.5) is 0 Å². The number of amides is 1. The summed E-state index contributed by atoms with van der Waals surface area (Å²) in [5, 5.41) is 2.91. The van der Waals surface area contributed by atoms with E-state index in [4.69, 9.17) is 4.74 Å². The van der Waals surface area contributed by atoms with E-state index in [1.807, 2.05) is 30.3 Å². The predicted octanol–water partition coefficient (Wildman–Crippen LogP) is 2.65. The van der Waals surface area contributed by atoms with Crippen molar-refractivity contribution in [3.05, 3.63) is 59.7 Å². The summed E-state index contributed by atoms with van der Waals surface area (Å²) in [7, 11) is -3.48. The van der Waals surface area contributed by atoms with E-state index in [0.29, 0.717) is 19.7 Å². The number of benzene rings is 2. The minimum Gasteiger partial charge on any atom is -0.492 e. The van der Waals surface area contributed by atoms with E-state index in [2.05, 4.69) is 5.32 Å². The largest absolute Gasteiger partial charge is 0.492 e. The predicted molar refractivity (Wildman–Crippen MR) is 106 cm³/mol. The summed E-state index contributed by atoms with van der Waals surface area (Å²) in [6.07, 6.45) is 2.88. The molecule has 1 amide bonds. The molecule has 2 aliphatic rings. The van der Waals surface area contributed by atoms with Crippen molar-refractivity contribution in [2.24, 2.45) is 0 Å². The second-order valence-corrected chi connectivity index (χ2v) is 9.17. The van der Waals surface area contributed by atoms with Crippen LogP contribution in [0, 0.1) is 0 Å². The Kier molecular flexibility index (Phi) is 5.37. The molecule has 2 aromatic carbocycles. The molecule has 0 spiro atoms. The normalized spacial score (nSPS) is 19.6. The molecule has 6 nitrogen and oxygen atoms in total. The topological polar surface area (TPSA) is 75.7 Å². The van der Waals surface area contributed by atoms with Gasteiger partial charge in [0.05, 0.1) is 4.90 Å². The van der Waals surface area contributed by atoms with Gasteiger partial charge in [0.2, 0.25) is 15.9 Å². The molecule has 0 saturated carbocycles. The van der Waals surface area contributed by atoms with Gasteiger partial charge in [-0.15, -0.1) is 0 Å². The van der Waals surface area contributed by atoms with Crippen LogP contribution in [0.1, 0.15) is 36.3 Å². The average Bonchev–Trinajstić information content (AvgIpc) is 3.17. The van der Waals surface area contributed by atoms with E-state index >= 15 is 0 Å². The van der Waals surface area contributed by atoms with E-state index in [9.17, 15) is 13.2 Å². The number of hydrogen-bond acceptors (Lipinski definition) is 4. The number of sulfonamides is 1. The van der Waals surface area contributed by atoms with E-state index in [1.165, 1.54) is 0 Å². The van der Waals surface area contributed by atoms with Gasteiger partial charge in [-0.2, -0.15) is 4.31 Å². The van der Waals surface area contributed by atoms with Gasteiger partial charge in [-0.25, -0.2) is 8.42 Å². The molecule has 0 bridgehead atoms. The van der Waals surface area contributed by atoms with Gasteiger partial charge in [-0.05, 0) is 36.6 Å². The first-order valence-corrected chi connectivity index (χ1v) is 11.1. The second kappa shape index (κ2) is 7.93.